The second kappa shape index (κ2) is 9.25. The Bertz CT molecular complexity index is 747. The van der Waals surface area contributed by atoms with E-state index in [9.17, 15) is 9.18 Å². The first kappa shape index (κ1) is 19.0. The lowest BCUT2D eigenvalue weighted by Gasteiger charge is -2.08. The molecule has 1 unspecified atom stereocenters. The number of ether oxygens (including phenoxy) is 2. The van der Waals surface area contributed by atoms with Crippen LogP contribution in [0.2, 0.25) is 0 Å². The molecule has 6 nitrogen and oxygen atoms in total. The third-order valence-corrected chi connectivity index (χ3v) is 4.70. The molecule has 140 valence electrons. The monoisotopic (exact) mass is 426 g/mol. The highest BCUT2D eigenvalue weighted by molar-refractivity contribution is 9.10. The second-order valence-electron chi connectivity index (χ2n) is 6.24. The number of nitrogens with zero attached hydrogens (tertiary/aromatic N) is 1. The Morgan fingerprint density at radius 2 is 2.27 bits per heavy atom. The topological polar surface area (TPSA) is 73.6 Å². The fourth-order valence-corrected chi connectivity index (χ4v) is 2.88. The van der Waals surface area contributed by atoms with Crippen molar-refractivity contribution in [2.75, 3.05) is 19.8 Å². The van der Waals surface area contributed by atoms with Gasteiger partial charge in [-0.15, -0.1) is 0 Å². The molecule has 2 aromatic rings. The molecule has 1 aliphatic rings. The number of halogens is 2. The van der Waals surface area contributed by atoms with Gasteiger partial charge in [0.1, 0.15) is 12.4 Å². The van der Waals surface area contributed by atoms with Gasteiger partial charge in [-0.25, -0.2) is 4.39 Å². The van der Waals surface area contributed by atoms with Crippen LogP contribution in [0.1, 0.15) is 23.4 Å². The molecule has 0 bridgehead atoms. The molecule has 1 saturated heterocycles. The minimum Gasteiger partial charge on any atom is -0.381 e. The van der Waals surface area contributed by atoms with E-state index < -0.39 is 0 Å². The first-order valence-corrected chi connectivity index (χ1v) is 9.20. The quantitative estimate of drug-likeness (QED) is 0.702. The van der Waals surface area contributed by atoms with Gasteiger partial charge in [0.05, 0.1) is 29.8 Å². The number of nitrogens with one attached hydrogen (secondary N) is 1. The first-order chi connectivity index (χ1) is 12.6. The van der Waals surface area contributed by atoms with Gasteiger partial charge in [-0.1, -0.05) is 11.2 Å². The number of aromatic nitrogens is 1. The van der Waals surface area contributed by atoms with E-state index in [1.165, 1.54) is 6.07 Å². The predicted octanol–water partition coefficient (Wildman–Crippen LogP) is 2.99. The van der Waals surface area contributed by atoms with Crippen molar-refractivity contribution in [3.05, 3.63) is 51.6 Å². The van der Waals surface area contributed by atoms with Gasteiger partial charge in [-0.05, 0) is 40.0 Å². The van der Waals surface area contributed by atoms with Gasteiger partial charge in [-0.2, -0.15) is 0 Å². The Kier molecular flexibility index (Phi) is 6.76. The number of rotatable bonds is 8. The Labute approximate surface area is 159 Å². The van der Waals surface area contributed by atoms with Crippen molar-refractivity contribution >= 4 is 21.8 Å². The lowest BCUT2D eigenvalue weighted by molar-refractivity contribution is -0.120. The lowest BCUT2D eigenvalue weighted by Crippen LogP contribution is -2.30. The van der Waals surface area contributed by atoms with Crippen LogP contribution in [0, 0.1) is 11.7 Å². The summed E-state index contributed by atoms with van der Waals surface area (Å²) in [5.41, 5.74) is 1.28. The zero-order valence-corrected chi connectivity index (χ0v) is 15.8. The van der Waals surface area contributed by atoms with Crippen molar-refractivity contribution < 1.29 is 23.2 Å². The van der Waals surface area contributed by atoms with Crippen LogP contribution >= 0.6 is 15.9 Å². The van der Waals surface area contributed by atoms with Crippen LogP contribution in [0.5, 0.6) is 0 Å². The van der Waals surface area contributed by atoms with Crippen LogP contribution in [0.3, 0.4) is 0 Å². The number of carbonyl (C=O) groups excluding carboxylic acids is 1. The minimum absolute atomic E-state index is 0.0944. The molecular formula is C18H20BrFN2O4. The number of amides is 1. The maximum Gasteiger partial charge on any atom is 0.226 e. The van der Waals surface area contributed by atoms with Crippen molar-refractivity contribution in [2.24, 2.45) is 5.92 Å². The van der Waals surface area contributed by atoms with Gasteiger partial charge in [0.25, 0.3) is 0 Å². The maximum atomic E-state index is 13.4. The highest BCUT2D eigenvalue weighted by atomic mass is 79.9. The van der Waals surface area contributed by atoms with Crippen molar-refractivity contribution in [3.63, 3.8) is 0 Å². The average molecular weight is 427 g/mol. The molecule has 8 heteroatoms. The number of hydrogen-bond donors (Lipinski definition) is 1. The van der Waals surface area contributed by atoms with Gasteiger partial charge in [0.15, 0.2) is 5.76 Å². The smallest absolute Gasteiger partial charge is 0.226 e. The summed E-state index contributed by atoms with van der Waals surface area (Å²) in [6.45, 7) is 2.54. The summed E-state index contributed by atoms with van der Waals surface area (Å²) in [5.74, 6) is 0.490. The maximum absolute atomic E-state index is 13.4. The predicted molar refractivity (Wildman–Crippen MR) is 94.7 cm³/mol. The number of hydrogen-bond acceptors (Lipinski definition) is 5. The van der Waals surface area contributed by atoms with E-state index in [1.54, 1.807) is 18.2 Å². The summed E-state index contributed by atoms with van der Waals surface area (Å²) >= 11 is 3.11. The third-order valence-electron chi connectivity index (χ3n) is 4.06. The molecule has 1 aliphatic heterocycles. The summed E-state index contributed by atoms with van der Waals surface area (Å²) < 4.78 is 29.8. The standard InChI is InChI=1S/C18H20BrFN2O4/c19-16-2-1-12(5-17(16)20)9-25-11-15-6-14(22-26-15)7-18(23)21-8-13-3-4-24-10-13/h1-2,5-6,13H,3-4,7-11H2,(H,21,23). The van der Waals surface area contributed by atoms with Crippen LogP contribution in [-0.4, -0.2) is 30.8 Å². The van der Waals surface area contributed by atoms with Gasteiger partial charge >= 0.3 is 0 Å². The molecule has 26 heavy (non-hydrogen) atoms. The molecule has 0 spiro atoms. The van der Waals surface area contributed by atoms with Crippen molar-refractivity contribution in [1.82, 2.24) is 10.5 Å². The van der Waals surface area contributed by atoms with E-state index in [0.717, 1.165) is 18.6 Å². The number of carbonyl (C=O) groups is 1. The summed E-state index contributed by atoms with van der Waals surface area (Å²) in [5, 5.41) is 6.77. The largest absolute Gasteiger partial charge is 0.381 e. The lowest BCUT2D eigenvalue weighted by atomic mass is 10.1. The molecule has 1 aromatic carbocycles. The van der Waals surface area contributed by atoms with Crippen LogP contribution in [0.25, 0.3) is 0 Å². The zero-order chi connectivity index (χ0) is 18.4. The van der Waals surface area contributed by atoms with Crippen molar-refractivity contribution in [1.29, 1.82) is 0 Å². The van der Waals surface area contributed by atoms with Gasteiger partial charge in [-0.3, -0.25) is 4.79 Å². The first-order valence-electron chi connectivity index (χ1n) is 8.40. The van der Waals surface area contributed by atoms with Crippen molar-refractivity contribution in [3.8, 4) is 0 Å². The Balaban J connectivity index is 1.39. The molecule has 3 rings (SSSR count). The summed E-state index contributed by atoms with van der Waals surface area (Å²) in [6.07, 6.45) is 1.14. The van der Waals surface area contributed by atoms with E-state index in [2.05, 4.69) is 26.4 Å². The Morgan fingerprint density at radius 3 is 3.04 bits per heavy atom. The Hall–Kier alpha value is -1.77. The average Bonchev–Trinajstić information content (AvgIpc) is 3.28. The molecule has 1 aromatic heterocycles. The molecule has 1 amide bonds. The summed E-state index contributed by atoms with van der Waals surface area (Å²) in [4.78, 5) is 11.9. The van der Waals surface area contributed by atoms with Crippen molar-refractivity contribution in [2.45, 2.75) is 26.1 Å². The highest BCUT2D eigenvalue weighted by Gasteiger charge is 2.17. The molecular weight excluding hydrogens is 407 g/mol. The Morgan fingerprint density at radius 1 is 1.38 bits per heavy atom. The van der Waals surface area contributed by atoms with Crippen LogP contribution < -0.4 is 5.32 Å². The van der Waals surface area contributed by atoms with E-state index in [1.807, 2.05) is 0 Å². The fourth-order valence-electron chi connectivity index (χ4n) is 2.64. The third kappa shape index (κ3) is 5.62. The molecule has 1 N–H and O–H groups in total. The number of benzene rings is 1. The SMILES string of the molecule is O=C(Cc1cc(COCc2ccc(Br)c(F)c2)on1)NCC1CCOC1. The molecule has 0 saturated carbocycles. The highest BCUT2D eigenvalue weighted by Crippen LogP contribution is 2.17. The van der Waals surface area contributed by atoms with Crippen LogP contribution in [0.15, 0.2) is 33.3 Å². The van der Waals surface area contributed by atoms with E-state index in [-0.39, 0.29) is 31.4 Å². The minimum atomic E-state index is -0.330. The van der Waals surface area contributed by atoms with E-state index in [4.69, 9.17) is 14.0 Å². The van der Waals surface area contributed by atoms with Gasteiger partial charge < -0.3 is 19.3 Å². The van der Waals surface area contributed by atoms with Crippen LogP contribution in [-0.2, 0) is 33.9 Å². The molecule has 0 aliphatic carbocycles. The zero-order valence-electron chi connectivity index (χ0n) is 14.2. The summed E-state index contributed by atoms with van der Waals surface area (Å²) in [7, 11) is 0. The molecule has 1 fully saturated rings. The normalized spacial score (nSPS) is 16.8. The molecule has 0 radical (unpaired) electrons. The van der Waals surface area contributed by atoms with Gasteiger partial charge in [0, 0.05) is 25.1 Å². The van der Waals surface area contributed by atoms with Crippen LogP contribution in [0.4, 0.5) is 4.39 Å². The van der Waals surface area contributed by atoms with E-state index in [0.29, 0.717) is 35.0 Å². The van der Waals surface area contributed by atoms with Gasteiger partial charge in [0.2, 0.25) is 5.91 Å². The van der Waals surface area contributed by atoms with E-state index >= 15 is 0 Å². The summed E-state index contributed by atoms with van der Waals surface area (Å²) in [6, 6.07) is 6.52. The fraction of sp³-hybridized carbons (Fsp3) is 0.444. The molecule has 1 atom stereocenters. The molecule has 2 heterocycles. The second-order valence-corrected chi connectivity index (χ2v) is 7.09.